The van der Waals surface area contributed by atoms with E-state index in [0.717, 1.165) is 27.9 Å². The van der Waals surface area contributed by atoms with E-state index in [2.05, 4.69) is 11.4 Å². The van der Waals surface area contributed by atoms with Crippen molar-refractivity contribution in [3.05, 3.63) is 101 Å². The van der Waals surface area contributed by atoms with Crippen LogP contribution in [0.1, 0.15) is 39.5 Å². The maximum Gasteiger partial charge on any atom is 0.259 e. The molecule has 1 aliphatic heterocycles. The lowest BCUT2D eigenvalue weighted by Gasteiger charge is -2.44. The van der Waals surface area contributed by atoms with Crippen molar-refractivity contribution in [1.82, 2.24) is 5.32 Å². The first kappa shape index (κ1) is 19.9. The van der Waals surface area contributed by atoms with Crippen LogP contribution < -0.4 is 10.2 Å². The number of hydrogen-bond donors (Lipinski definition) is 1. The number of nitrogens with zero attached hydrogens (tertiary/aromatic N) is 1. The molecule has 3 aromatic rings. The molecule has 3 aromatic carbocycles. The van der Waals surface area contributed by atoms with Crippen LogP contribution in [0, 0.1) is 13.8 Å². The van der Waals surface area contributed by atoms with Gasteiger partial charge in [0, 0.05) is 24.2 Å². The van der Waals surface area contributed by atoms with E-state index < -0.39 is 5.54 Å². The molecule has 30 heavy (non-hydrogen) atoms. The van der Waals surface area contributed by atoms with E-state index in [1.165, 1.54) is 0 Å². The first-order valence-electron chi connectivity index (χ1n) is 10.2. The summed E-state index contributed by atoms with van der Waals surface area (Å²) in [5.41, 5.74) is 4.43. The molecule has 0 saturated carbocycles. The van der Waals surface area contributed by atoms with Gasteiger partial charge in [-0.15, -0.1) is 0 Å². The number of anilines is 1. The average Bonchev–Trinajstić information content (AvgIpc) is 2.72. The largest absolute Gasteiger partial charge is 0.350 e. The van der Waals surface area contributed by atoms with E-state index in [1.54, 1.807) is 4.90 Å². The van der Waals surface area contributed by atoms with Gasteiger partial charge in [-0.2, -0.15) is 0 Å². The Morgan fingerprint density at radius 1 is 0.967 bits per heavy atom. The first-order chi connectivity index (χ1) is 14.4. The molecule has 1 aliphatic rings. The van der Waals surface area contributed by atoms with Gasteiger partial charge in [0.2, 0.25) is 5.91 Å². The Kier molecular flexibility index (Phi) is 5.17. The second-order valence-corrected chi connectivity index (χ2v) is 8.26. The third-order valence-electron chi connectivity index (χ3n) is 5.73. The molecule has 4 rings (SSSR count). The summed E-state index contributed by atoms with van der Waals surface area (Å²) in [6, 6.07) is 23.4. The number of amides is 2. The zero-order valence-electron chi connectivity index (χ0n) is 17.6. The van der Waals surface area contributed by atoms with Gasteiger partial charge in [-0.3, -0.25) is 14.5 Å². The predicted molar refractivity (Wildman–Crippen MR) is 120 cm³/mol. The molecule has 0 aliphatic carbocycles. The summed E-state index contributed by atoms with van der Waals surface area (Å²) in [5, 5.41) is 3.06. The molecule has 0 bridgehead atoms. The number of fused-ring (bicyclic) bond motifs is 1. The molecule has 0 spiro atoms. The van der Waals surface area contributed by atoms with Crippen molar-refractivity contribution < 1.29 is 9.59 Å². The van der Waals surface area contributed by atoms with E-state index in [4.69, 9.17) is 0 Å². The highest BCUT2D eigenvalue weighted by atomic mass is 16.2. The highest BCUT2D eigenvalue weighted by Crippen LogP contribution is 2.36. The molecule has 0 saturated heterocycles. The summed E-state index contributed by atoms with van der Waals surface area (Å²) in [6.45, 7) is 6.29. The standard InChI is InChI=1S/C26H26N2O2/c1-18-13-19(2)15-22(14-18)28-24(29)23-12-8-7-11-21(23)16-26(28,3)25(30)27-17-20-9-5-4-6-10-20/h4-15H,16-17H2,1-3H3,(H,27,30). The van der Waals surface area contributed by atoms with Crippen LogP contribution in [0.5, 0.6) is 0 Å². The van der Waals surface area contributed by atoms with Gasteiger partial charge in [0.25, 0.3) is 5.91 Å². The number of carbonyl (C=O) groups excluding carboxylic acids is 2. The van der Waals surface area contributed by atoms with Crippen molar-refractivity contribution in [3.63, 3.8) is 0 Å². The smallest absolute Gasteiger partial charge is 0.259 e. The van der Waals surface area contributed by atoms with Crippen LogP contribution in [-0.4, -0.2) is 17.4 Å². The molecule has 2 amide bonds. The van der Waals surface area contributed by atoms with E-state index in [0.29, 0.717) is 18.5 Å². The highest BCUT2D eigenvalue weighted by Gasteiger charge is 2.47. The maximum absolute atomic E-state index is 13.6. The van der Waals surface area contributed by atoms with Crippen molar-refractivity contribution in [2.75, 3.05) is 4.90 Å². The number of carbonyl (C=O) groups is 2. The lowest BCUT2D eigenvalue weighted by molar-refractivity contribution is -0.126. The minimum atomic E-state index is -1.03. The molecule has 1 unspecified atom stereocenters. The van der Waals surface area contributed by atoms with Gasteiger partial charge < -0.3 is 5.32 Å². The summed E-state index contributed by atoms with van der Waals surface area (Å²) in [6.07, 6.45) is 0.461. The molecule has 1 atom stereocenters. The molecule has 0 radical (unpaired) electrons. The van der Waals surface area contributed by atoms with Gasteiger partial charge >= 0.3 is 0 Å². The number of benzene rings is 3. The Labute approximate surface area is 177 Å². The van der Waals surface area contributed by atoms with Crippen molar-refractivity contribution in [2.24, 2.45) is 0 Å². The Balaban J connectivity index is 1.75. The third-order valence-corrected chi connectivity index (χ3v) is 5.73. The zero-order chi connectivity index (χ0) is 21.3. The van der Waals surface area contributed by atoms with Gasteiger partial charge in [-0.1, -0.05) is 54.6 Å². The Morgan fingerprint density at radius 2 is 1.60 bits per heavy atom. The van der Waals surface area contributed by atoms with Crippen LogP contribution in [0.25, 0.3) is 0 Å². The molecule has 1 heterocycles. The predicted octanol–water partition coefficient (Wildman–Crippen LogP) is 4.58. The molecule has 152 valence electrons. The quantitative estimate of drug-likeness (QED) is 0.699. The summed E-state index contributed by atoms with van der Waals surface area (Å²) in [5.74, 6) is -0.299. The summed E-state index contributed by atoms with van der Waals surface area (Å²) < 4.78 is 0. The fourth-order valence-electron chi connectivity index (χ4n) is 4.31. The number of hydrogen-bond acceptors (Lipinski definition) is 2. The van der Waals surface area contributed by atoms with Crippen LogP contribution in [0.2, 0.25) is 0 Å². The van der Waals surface area contributed by atoms with E-state index in [1.807, 2.05) is 87.5 Å². The van der Waals surface area contributed by atoms with Gasteiger partial charge in [0.05, 0.1) is 0 Å². The highest BCUT2D eigenvalue weighted by molar-refractivity contribution is 6.14. The average molecular weight is 399 g/mol. The number of nitrogens with one attached hydrogen (secondary N) is 1. The van der Waals surface area contributed by atoms with Crippen molar-refractivity contribution in [3.8, 4) is 0 Å². The van der Waals surface area contributed by atoms with Crippen molar-refractivity contribution in [1.29, 1.82) is 0 Å². The molecular formula is C26H26N2O2. The molecule has 0 aromatic heterocycles. The Hall–Kier alpha value is -3.40. The molecule has 0 fully saturated rings. The van der Waals surface area contributed by atoms with E-state index in [9.17, 15) is 9.59 Å². The maximum atomic E-state index is 13.6. The van der Waals surface area contributed by atoms with E-state index >= 15 is 0 Å². The van der Waals surface area contributed by atoms with Crippen molar-refractivity contribution >= 4 is 17.5 Å². The minimum absolute atomic E-state index is 0.140. The second kappa shape index (κ2) is 7.79. The van der Waals surface area contributed by atoms with Gasteiger partial charge in [0.1, 0.15) is 5.54 Å². The zero-order valence-corrected chi connectivity index (χ0v) is 17.6. The molecule has 4 nitrogen and oxygen atoms in total. The minimum Gasteiger partial charge on any atom is -0.350 e. The van der Waals surface area contributed by atoms with Crippen LogP contribution in [0.15, 0.2) is 72.8 Å². The van der Waals surface area contributed by atoms with Crippen molar-refractivity contribution in [2.45, 2.75) is 39.3 Å². The lowest BCUT2D eigenvalue weighted by Crippen LogP contribution is -2.63. The van der Waals surface area contributed by atoms with E-state index in [-0.39, 0.29) is 11.8 Å². The fourth-order valence-corrected chi connectivity index (χ4v) is 4.31. The fraction of sp³-hybridized carbons (Fsp3) is 0.231. The lowest BCUT2D eigenvalue weighted by atomic mass is 9.82. The molecule has 1 N–H and O–H groups in total. The van der Waals surface area contributed by atoms with Crippen LogP contribution in [0.3, 0.4) is 0 Å². The Bertz CT molecular complexity index is 1090. The normalized spacial score (nSPS) is 18.1. The molecular weight excluding hydrogens is 372 g/mol. The van der Waals surface area contributed by atoms with Crippen LogP contribution in [0.4, 0.5) is 5.69 Å². The second-order valence-electron chi connectivity index (χ2n) is 8.26. The Morgan fingerprint density at radius 3 is 2.30 bits per heavy atom. The van der Waals surface area contributed by atoms with Gasteiger partial charge in [-0.05, 0) is 61.2 Å². The number of rotatable bonds is 4. The van der Waals surface area contributed by atoms with Crippen LogP contribution in [-0.2, 0) is 17.8 Å². The van der Waals surface area contributed by atoms with Gasteiger partial charge in [0.15, 0.2) is 0 Å². The summed E-state index contributed by atoms with van der Waals surface area (Å²) in [7, 11) is 0. The number of aryl methyl sites for hydroxylation is 2. The molecule has 4 heteroatoms. The summed E-state index contributed by atoms with van der Waals surface area (Å²) >= 11 is 0. The first-order valence-corrected chi connectivity index (χ1v) is 10.2. The monoisotopic (exact) mass is 398 g/mol. The third kappa shape index (κ3) is 3.61. The van der Waals surface area contributed by atoms with Gasteiger partial charge in [-0.25, -0.2) is 0 Å². The van der Waals surface area contributed by atoms with Crippen LogP contribution >= 0.6 is 0 Å². The summed E-state index contributed by atoms with van der Waals surface area (Å²) in [4.78, 5) is 28.8. The SMILES string of the molecule is Cc1cc(C)cc(N2C(=O)c3ccccc3CC2(C)C(=O)NCc2ccccc2)c1. The topological polar surface area (TPSA) is 49.4 Å².